The molecule has 0 unspecified atom stereocenters. The van der Waals surface area contributed by atoms with Crippen molar-refractivity contribution in [2.75, 3.05) is 27.2 Å². The fourth-order valence-corrected chi connectivity index (χ4v) is 3.11. The van der Waals surface area contributed by atoms with Crippen LogP contribution in [0.1, 0.15) is 5.56 Å². The van der Waals surface area contributed by atoms with Gasteiger partial charge in [-0.1, -0.05) is 17.7 Å². The highest BCUT2D eigenvalue weighted by atomic mass is 35.5. The molecule has 0 spiro atoms. The second-order valence-electron chi connectivity index (χ2n) is 3.86. The molecule has 0 bridgehead atoms. The van der Waals surface area contributed by atoms with E-state index >= 15 is 0 Å². The van der Waals surface area contributed by atoms with Gasteiger partial charge in [-0.15, -0.1) is 12.4 Å². The zero-order valence-corrected chi connectivity index (χ0v) is 13.0. The molecule has 18 heavy (non-hydrogen) atoms. The summed E-state index contributed by atoms with van der Waals surface area (Å²) in [4.78, 5) is 0.156. The first-order valence-electron chi connectivity index (χ1n) is 5.26. The second kappa shape index (κ2) is 7.31. The highest BCUT2D eigenvalue weighted by molar-refractivity contribution is 7.89. The first kappa shape index (κ1) is 17.7. The smallest absolute Gasteiger partial charge is 0.244 e. The maximum absolute atomic E-state index is 12.2. The minimum atomic E-state index is -3.50. The average molecular weight is 313 g/mol. The molecule has 0 radical (unpaired) electrons. The van der Waals surface area contributed by atoms with E-state index in [2.05, 4.69) is 5.32 Å². The Balaban J connectivity index is 0.00000289. The fourth-order valence-electron chi connectivity index (χ4n) is 1.37. The highest BCUT2D eigenvalue weighted by Gasteiger charge is 2.22. The SMILES string of the molecule is CNCCN(C)S(=O)(=O)c1ccc(C)cc1Cl.Cl. The van der Waals surface area contributed by atoms with Crippen LogP contribution in [-0.2, 0) is 10.0 Å². The van der Waals surface area contributed by atoms with Crippen LogP contribution in [-0.4, -0.2) is 39.9 Å². The van der Waals surface area contributed by atoms with Crippen LogP contribution in [0.2, 0.25) is 5.02 Å². The summed E-state index contributed by atoms with van der Waals surface area (Å²) in [5.41, 5.74) is 0.937. The van der Waals surface area contributed by atoms with E-state index in [0.717, 1.165) is 5.56 Å². The average Bonchev–Trinajstić information content (AvgIpc) is 2.25. The fraction of sp³-hybridized carbons (Fsp3) is 0.455. The number of halogens is 2. The molecule has 0 amide bonds. The summed E-state index contributed by atoms with van der Waals surface area (Å²) < 4.78 is 25.7. The third-order valence-electron chi connectivity index (χ3n) is 2.45. The summed E-state index contributed by atoms with van der Waals surface area (Å²) in [6.07, 6.45) is 0. The van der Waals surface area contributed by atoms with Gasteiger partial charge in [0.1, 0.15) is 4.90 Å². The molecule has 0 heterocycles. The molecule has 1 aromatic carbocycles. The van der Waals surface area contributed by atoms with Crippen LogP contribution in [0.15, 0.2) is 23.1 Å². The number of nitrogens with zero attached hydrogens (tertiary/aromatic N) is 1. The van der Waals surface area contributed by atoms with Gasteiger partial charge in [0.15, 0.2) is 0 Å². The van der Waals surface area contributed by atoms with Gasteiger partial charge < -0.3 is 5.32 Å². The van der Waals surface area contributed by atoms with Crippen LogP contribution in [0.25, 0.3) is 0 Å². The van der Waals surface area contributed by atoms with Crippen molar-refractivity contribution < 1.29 is 8.42 Å². The molecule has 0 atom stereocenters. The van der Waals surface area contributed by atoms with Gasteiger partial charge in [0, 0.05) is 20.1 Å². The standard InChI is InChI=1S/C11H17ClN2O2S.ClH/c1-9-4-5-11(10(12)8-9)17(15,16)14(3)7-6-13-2;/h4-5,8,13H,6-7H2,1-3H3;1H. The number of sulfonamides is 1. The first-order valence-corrected chi connectivity index (χ1v) is 7.08. The molecule has 0 saturated carbocycles. The molecule has 0 aliphatic rings. The van der Waals surface area contributed by atoms with E-state index in [1.165, 1.54) is 4.31 Å². The number of likely N-dealkylation sites (N-methyl/N-ethyl adjacent to an activating group) is 2. The van der Waals surface area contributed by atoms with E-state index in [9.17, 15) is 8.42 Å². The number of aryl methyl sites for hydroxylation is 1. The number of hydrogen-bond acceptors (Lipinski definition) is 3. The van der Waals surface area contributed by atoms with Crippen molar-refractivity contribution in [1.29, 1.82) is 0 Å². The summed E-state index contributed by atoms with van der Waals surface area (Å²) in [7, 11) is -0.176. The van der Waals surface area contributed by atoms with Crippen molar-refractivity contribution in [3.63, 3.8) is 0 Å². The van der Waals surface area contributed by atoms with E-state index in [1.807, 2.05) is 6.92 Å². The van der Waals surface area contributed by atoms with Gasteiger partial charge in [0.25, 0.3) is 0 Å². The predicted octanol–water partition coefficient (Wildman–Crippen LogP) is 1.91. The first-order chi connectivity index (χ1) is 7.89. The topological polar surface area (TPSA) is 49.4 Å². The summed E-state index contributed by atoms with van der Waals surface area (Å²) in [5, 5.41) is 3.17. The minimum absolute atomic E-state index is 0. The van der Waals surface area contributed by atoms with Crippen molar-refractivity contribution in [2.45, 2.75) is 11.8 Å². The maximum Gasteiger partial charge on any atom is 0.244 e. The molecule has 1 aromatic rings. The van der Waals surface area contributed by atoms with Crippen molar-refractivity contribution >= 4 is 34.0 Å². The summed E-state index contributed by atoms with van der Waals surface area (Å²) in [6, 6.07) is 4.94. The lowest BCUT2D eigenvalue weighted by atomic mass is 10.2. The van der Waals surface area contributed by atoms with Gasteiger partial charge >= 0.3 is 0 Å². The van der Waals surface area contributed by atoms with Gasteiger partial charge in [-0.2, -0.15) is 4.31 Å². The Morgan fingerprint density at radius 1 is 1.39 bits per heavy atom. The Morgan fingerprint density at radius 3 is 2.50 bits per heavy atom. The van der Waals surface area contributed by atoms with E-state index in [1.54, 1.807) is 32.3 Å². The Labute approximate surface area is 120 Å². The van der Waals surface area contributed by atoms with Crippen molar-refractivity contribution in [2.24, 2.45) is 0 Å². The molecular formula is C11H18Cl2N2O2S. The number of nitrogens with one attached hydrogen (secondary N) is 1. The zero-order chi connectivity index (χ0) is 13.1. The lowest BCUT2D eigenvalue weighted by Crippen LogP contribution is -2.33. The lowest BCUT2D eigenvalue weighted by Gasteiger charge is -2.17. The van der Waals surface area contributed by atoms with E-state index in [-0.39, 0.29) is 22.3 Å². The van der Waals surface area contributed by atoms with Gasteiger partial charge in [0.2, 0.25) is 10.0 Å². The van der Waals surface area contributed by atoms with Crippen molar-refractivity contribution in [3.8, 4) is 0 Å². The molecule has 104 valence electrons. The second-order valence-corrected chi connectivity index (χ2v) is 6.28. The number of rotatable bonds is 5. The molecule has 0 aliphatic carbocycles. The van der Waals surface area contributed by atoms with E-state index in [0.29, 0.717) is 13.1 Å². The molecule has 0 aliphatic heterocycles. The Bertz CT molecular complexity index is 492. The Kier molecular flexibility index (Phi) is 7.17. The van der Waals surface area contributed by atoms with Crippen LogP contribution in [0.5, 0.6) is 0 Å². The van der Waals surface area contributed by atoms with Gasteiger partial charge in [-0.25, -0.2) is 8.42 Å². The molecule has 0 saturated heterocycles. The van der Waals surface area contributed by atoms with Crippen LogP contribution in [0, 0.1) is 6.92 Å². The predicted molar refractivity (Wildman–Crippen MR) is 77.2 cm³/mol. The lowest BCUT2D eigenvalue weighted by molar-refractivity contribution is 0.466. The highest BCUT2D eigenvalue weighted by Crippen LogP contribution is 2.24. The van der Waals surface area contributed by atoms with Gasteiger partial charge in [-0.3, -0.25) is 0 Å². The molecule has 7 heteroatoms. The summed E-state index contributed by atoms with van der Waals surface area (Å²) in [6.45, 7) is 2.87. The zero-order valence-electron chi connectivity index (χ0n) is 10.6. The molecule has 4 nitrogen and oxygen atoms in total. The Hall–Kier alpha value is -0.330. The normalized spacial score (nSPS) is 11.4. The third-order valence-corrected chi connectivity index (χ3v) is 4.79. The maximum atomic E-state index is 12.2. The van der Waals surface area contributed by atoms with Crippen molar-refractivity contribution in [1.82, 2.24) is 9.62 Å². The molecule has 1 rings (SSSR count). The minimum Gasteiger partial charge on any atom is -0.318 e. The molecule has 0 fully saturated rings. The Morgan fingerprint density at radius 2 is 2.00 bits per heavy atom. The molecule has 1 N–H and O–H groups in total. The van der Waals surface area contributed by atoms with Crippen LogP contribution in [0.3, 0.4) is 0 Å². The van der Waals surface area contributed by atoms with E-state index < -0.39 is 10.0 Å². The third kappa shape index (κ3) is 4.10. The summed E-state index contributed by atoms with van der Waals surface area (Å²) >= 11 is 5.97. The largest absolute Gasteiger partial charge is 0.318 e. The van der Waals surface area contributed by atoms with E-state index in [4.69, 9.17) is 11.6 Å². The van der Waals surface area contributed by atoms with Crippen molar-refractivity contribution in [3.05, 3.63) is 28.8 Å². The van der Waals surface area contributed by atoms with Crippen LogP contribution in [0.4, 0.5) is 0 Å². The molecule has 0 aromatic heterocycles. The van der Waals surface area contributed by atoms with Gasteiger partial charge in [0.05, 0.1) is 5.02 Å². The number of benzene rings is 1. The van der Waals surface area contributed by atoms with Crippen LogP contribution >= 0.6 is 24.0 Å². The van der Waals surface area contributed by atoms with Crippen LogP contribution < -0.4 is 5.32 Å². The molecular weight excluding hydrogens is 295 g/mol. The number of hydrogen-bond donors (Lipinski definition) is 1. The quantitative estimate of drug-likeness (QED) is 0.903. The summed E-state index contributed by atoms with van der Waals surface area (Å²) in [5.74, 6) is 0. The van der Waals surface area contributed by atoms with Gasteiger partial charge in [-0.05, 0) is 31.7 Å². The monoisotopic (exact) mass is 312 g/mol.